The monoisotopic (exact) mass is 676 g/mol. The van der Waals surface area contributed by atoms with E-state index in [1.807, 2.05) is 89.8 Å². The van der Waals surface area contributed by atoms with Crippen molar-refractivity contribution < 1.29 is 38.1 Å². The summed E-state index contributed by atoms with van der Waals surface area (Å²) in [6, 6.07) is 26.7. The van der Waals surface area contributed by atoms with E-state index in [1.54, 1.807) is 14.2 Å². The van der Waals surface area contributed by atoms with Gasteiger partial charge < -0.3 is 34.9 Å². The normalized spacial score (nSPS) is 15.5. The van der Waals surface area contributed by atoms with Gasteiger partial charge in [0.1, 0.15) is 11.9 Å². The predicted octanol–water partition coefficient (Wildman–Crippen LogP) is 2.08. The number of aryl methyl sites for hydroxylation is 1. The summed E-state index contributed by atoms with van der Waals surface area (Å²) in [4.78, 5) is 50.5. The molecule has 5 rings (SSSR count). The Morgan fingerprint density at radius 3 is 1.94 bits per heavy atom. The Balaban J connectivity index is 0.000000291. The van der Waals surface area contributed by atoms with Gasteiger partial charge in [-0.1, -0.05) is 78.4 Å². The largest absolute Gasteiger partial charge is 0.497 e. The molecule has 0 aromatic heterocycles. The molecule has 0 aliphatic carbocycles. The van der Waals surface area contributed by atoms with Gasteiger partial charge in [0.15, 0.2) is 5.78 Å². The summed E-state index contributed by atoms with van der Waals surface area (Å²) < 4.78 is 20.2. The summed E-state index contributed by atoms with van der Waals surface area (Å²) in [5, 5.41) is 7.66. The summed E-state index contributed by atoms with van der Waals surface area (Å²) in [6.07, 6.45) is -0.137. The molecular formula is C37H48N4O8. The van der Waals surface area contributed by atoms with E-state index in [1.165, 1.54) is 11.1 Å². The van der Waals surface area contributed by atoms with E-state index in [2.05, 4.69) is 22.9 Å². The van der Waals surface area contributed by atoms with Crippen LogP contribution in [0.15, 0.2) is 84.9 Å². The van der Waals surface area contributed by atoms with E-state index in [0.29, 0.717) is 45.9 Å². The molecule has 0 spiro atoms. The lowest BCUT2D eigenvalue weighted by molar-refractivity contribution is -0.130. The second-order valence-electron chi connectivity index (χ2n) is 11.4. The van der Waals surface area contributed by atoms with Crippen molar-refractivity contribution >= 4 is 23.5 Å². The molecule has 2 aliphatic heterocycles. The predicted molar refractivity (Wildman–Crippen MR) is 185 cm³/mol. The molecule has 2 aliphatic rings. The second-order valence-corrected chi connectivity index (χ2v) is 11.4. The topological polar surface area (TPSA) is 148 Å². The number of hydrogen-bond acceptors (Lipinski definition) is 9. The maximum atomic E-state index is 12.4. The smallest absolute Gasteiger partial charge is 0.239 e. The van der Waals surface area contributed by atoms with Crippen LogP contribution in [0.4, 0.5) is 0 Å². The highest BCUT2D eigenvalue weighted by molar-refractivity contribution is 5.95. The standard InChI is InChI=1S/C21H28N4O6.2C8H10O/c26-18(11-23-20(28)13-25-6-8-30-9-7-25)22-12-19(27)24-16(21(29)17-14-31-17)10-15-4-2-1-3-5-15;1-7-3-5-8(9-2)6-4-7;1-9-7-8-5-3-2-4-6-8/h1-5,16-17H,6-14H2,(H,22,26)(H,23,28)(H,24,27);3-6H,1-2H3;2-6H,7H2,1H3. The van der Waals surface area contributed by atoms with Crippen LogP contribution in [0.25, 0.3) is 0 Å². The molecule has 0 radical (unpaired) electrons. The number of methoxy groups -OCH3 is 2. The number of Topliss-reactive ketones (excluding diaryl/α,β-unsaturated/α-hetero) is 1. The molecule has 2 unspecified atom stereocenters. The van der Waals surface area contributed by atoms with Gasteiger partial charge in [-0.25, -0.2) is 0 Å². The van der Waals surface area contributed by atoms with E-state index in [0.717, 1.165) is 11.3 Å². The molecule has 12 nitrogen and oxygen atoms in total. The Hall–Kier alpha value is -4.62. The van der Waals surface area contributed by atoms with Gasteiger partial charge >= 0.3 is 0 Å². The first kappa shape index (κ1) is 38.8. The highest BCUT2D eigenvalue weighted by Crippen LogP contribution is 2.15. The fourth-order valence-corrected chi connectivity index (χ4v) is 4.61. The third-order valence-corrected chi connectivity index (χ3v) is 7.39. The third kappa shape index (κ3) is 16.4. The van der Waals surface area contributed by atoms with Crippen LogP contribution in [0.2, 0.25) is 0 Å². The van der Waals surface area contributed by atoms with Gasteiger partial charge in [0.2, 0.25) is 17.7 Å². The summed E-state index contributed by atoms with van der Waals surface area (Å²) in [7, 11) is 3.37. The van der Waals surface area contributed by atoms with Crippen molar-refractivity contribution in [2.45, 2.75) is 32.1 Å². The number of amides is 3. The quantitative estimate of drug-likeness (QED) is 0.219. The van der Waals surface area contributed by atoms with E-state index >= 15 is 0 Å². The minimum atomic E-state index is -0.729. The zero-order valence-corrected chi connectivity index (χ0v) is 28.5. The molecule has 3 aromatic rings. The van der Waals surface area contributed by atoms with Crippen LogP contribution in [0.1, 0.15) is 16.7 Å². The molecule has 2 atom stereocenters. The van der Waals surface area contributed by atoms with Crippen molar-refractivity contribution in [3.05, 3.63) is 102 Å². The number of carbonyl (C=O) groups excluding carboxylic acids is 4. The first-order valence-electron chi connectivity index (χ1n) is 16.2. The number of rotatable bonds is 14. The Kier molecular flexibility index (Phi) is 17.5. The molecule has 49 heavy (non-hydrogen) atoms. The number of morpholine rings is 1. The fraction of sp³-hybridized carbons (Fsp3) is 0.405. The van der Waals surface area contributed by atoms with Crippen molar-refractivity contribution in [1.29, 1.82) is 0 Å². The molecule has 264 valence electrons. The number of ketones is 1. The van der Waals surface area contributed by atoms with Gasteiger partial charge in [-0.05, 0) is 36.6 Å². The molecule has 3 N–H and O–H groups in total. The van der Waals surface area contributed by atoms with Crippen LogP contribution >= 0.6 is 0 Å². The molecule has 2 fully saturated rings. The highest BCUT2D eigenvalue weighted by atomic mass is 16.6. The summed E-state index contributed by atoms with van der Waals surface area (Å²) in [5.74, 6) is -0.496. The number of epoxide rings is 1. The van der Waals surface area contributed by atoms with Gasteiger partial charge in [0.05, 0.1) is 59.2 Å². The van der Waals surface area contributed by atoms with E-state index in [4.69, 9.17) is 18.9 Å². The fourth-order valence-electron chi connectivity index (χ4n) is 4.61. The zero-order chi connectivity index (χ0) is 35.3. The summed E-state index contributed by atoms with van der Waals surface area (Å²) in [6.45, 7) is 5.34. The number of carbonyl (C=O) groups is 4. The second kappa shape index (κ2) is 22.1. The lowest BCUT2D eigenvalue weighted by atomic mass is 10.0. The maximum absolute atomic E-state index is 12.4. The minimum absolute atomic E-state index is 0.182. The first-order valence-corrected chi connectivity index (χ1v) is 16.2. The molecule has 12 heteroatoms. The SMILES string of the molecule is COCc1ccccc1.COc1ccc(C)cc1.O=C(CNC(=O)CN1CCOCC1)NCC(=O)NC(Cc1ccccc1)C(=O)C1CO1. The average molecular weight is 677 g/mol. The van der Waals surface area contributed by atoms with Crippen LogP contribution in [-0.4, -0.2) is 107 Å². The van der Waals surface area contributed by atoms with E-state index in [-0.39, 0.29) is 31.3 Å². The maximum Gasteiger partial charge on any atom is 0.239 e. The van der Waals surface area contributed by atoms with Crippen LogP contribution in [0.5, 0.6) is 5.75 Å². The van der Waals surface area contributed by atoms with Crippen LogP contribution in [-0.2, 0) is 46.4 Å². The Labute approximate surface area is 288 Å². The molecule has 2 saturated heterocycles. The lowest BCUT2D eigenvalue weighted by Crippen LogP contribution is -2.49. The molecule has 3 amide bonds. The minimum Gasteiger partial charge on any atom is -0.497 e. The van der Waals surface area contributed by atoms with Crippen LogP contribution in [0, 0.1) is 6.92 Å². The van der Waals surface area contributed by atoms with Gasteiger partial charge in [-0.3, -0.25) is 24.1 Å². The van der Waals surface area contributed by atoms with Crippen LogP contribution in [0.3, 0.4) is 0 Å². The van der Waals surface area contributed by atoms with E-state index in [9.17, 15) is 19.2 Å². The average Bonchev–Trinajstić information content (AvgIpc) is 3.98. The van der Waals surface area contributed by atoms with E-state index < -0.39 is 24.0 Å². The van der Waals surface area contributed by atoms with Crippen LogP contribution < -0.4 is 20.7 Å². The highest BCUT2D eigenvalue weighted by Gasteiger charge is 2.37. The molecule has 0 saturated carbocycles. The number of ether oxygens (including phenoxy) is 4. The molecule has 3 aromatic carbocycles. The lowest BCUT2D eigenvalue weighted by Gasteiger charge is -2.25. The van der Waals surface area contributed by atoms with Gasteiger partial charge in [-0.15, -0.1) is 0 Å². The zero-order valence-electron chi connectivity index (χ0n) is 28.5. The van der Waals surface area contributed by atoms with Crippen molar-refractivity contribution in [3.8, 4) is 5.75 Å². The summed E-state index contributed by atoms with van der Waals surface area (Å²) >= 11 is 0. The molecule has 2 heterocycles. The van der Waals surface area contributed by atoms with Crippen molar-refractivity contribution in [2.24, 2.45) is 0 Å². The Morgan fingerprint density at radius 2 is 1.37 bits per heavy atom. The van der Waals surface area contributed by atoms with Gasteiger partial charge in [-0.2, -0.15) is 0 Å². The Morgan fingerprint density at radius 1 is 0.796 bits per heavy atom. The number of hydrogen-bond donors (Lipinski definition) is 3. The van der Waals surface area contributed by atoms with Crippen molar-refractivity contribution in [1.82, 2.24) is 20.9 Å². The summed E-state index contributed by atoms with van der Waals surface area (Å²) in [5.41, 5.74) is 3.39. The molecular weight excluding hydrogens is 628 g/mol. The first-order chi connectivity index (χ1) is 23.8. The van der Waals surface area contributed by atoms with Crippen molar-refractivity contribution in [3.63, 3.8) is 0 Å². The molecule has 0 bridgehead atoms. The number of nitrogens with zero attached hydrogens (tertiary/aromatic N) is 1. The Bertz CT molecular complexity index is 1410. The van der Waals surface area contributed by atoms with Gasteiger partial charge in [0.25, 0.3) is 0 Å². The third-order valence-electron chi connectivity index (χ3n) is 7.39. The number of benzene rings is 3. The van der Waals surface area contributed by atoms with Gasteiger partial charge in [0, 0.05) is 20.2 Å². The number of nitrogens with one attached hydrogen (secondary N) is 3. The van der Waals surface area contributed by atoms with Crippen molar-refractivity contribution in [2.75, 3.05) is 66.8 Å².